The highest BCUT2D eigenvalue weighted by molar-refractivity contribution is 5.74. The Hall–Kier alpha value is -3.10. The highest BCUT2D eigenvalue weighted by Gasteiger charge is 2.33. The van der Waals surface area contributed by atoms with Crippen LogP contribution in [0, 0.1) is 0 Å². The number of methoxy groups -OCH3 is 1. The van der Waals surface area contributed by atoms with Crippen molar-refractivity contribution < 1.29 is 17.9 Å². The number of pyridine rings is 1. The summed E-state index contributed by atoms with van der Waals surface area (Å²) >= 11 is 0. The van der Waals surface area contributed by atoms with E-state index < -0.39 is 23.1 Å². The summed E-state index contributed by atoms with van der Waals surface area (Å²) in [6.45, 7) is -0.0420. The van der Waals surface area contributed by atoms with Crippen molar-refractivity contribution in [3.63, 3.8) is 0 Å². The van der Waals surface area contributed by atoms with Crippen LogP contribution >= 0.6 is 0 Å². The summed E-state index contributed by atoms with van der Waals surface area (Å²) < 4.78 is 45.5. The summed E-state index contributed by atoms with van der Waals surface area (Å²) in [7, 11) is 2.77. The molecule has 0 aliphatic carbocycles. The third kappa shape index (κ3) is 3.07. The number of ether oxygens (including phenoxy) is 1. The van der Waals surface area contributed by atoms with Gasteiger partial charge in [0.25, 0.3) is 5.56 Å². The van der Waals surface area contributed by atoms with Crippen LogP contribution in [-0.2, 0) is 19.8 Å². The Bertz CT molecular complexity index is 1100. The summed E-state index contributed by atoms with van der Waals surface area (Å²) in [4.78, 5) is 28.6. The minimum absolute atomic E-state index is 0.0420. The summed E-state index contributed by atoms with van der Waals surface area (Å²) in [6.07, 6.45) is -4.67. The van der Waals surface area contributed by atoms with Gasteiger partial charge in [-0.15, -0.1) is 0 Å². The standard InChI is InChI=1S/C17H14F3N3O3/c1-22-14-12(6-7-13(21-14)17(18,19)20)15(24)23(16(22)25)9-10-4-3-5-11(8-10)26-2/h3-8H,9H2,1-2H3. The number of nitrogens with zero attached hydrogens (tertiary/aromatic N) is 3. The number of hydrogen-bond acceptors (Lipinski definition) is 4. The lowest BCUT2D eigenvalue weighted by molar-refractivity contribution is -0.141. The highest BCUT2D eigenvalue weighted by atomic mass is 19.4. The van der Waals surface area contributed by atoms with E-state index in [1.807, 2.05) is 0 Å². The molecule has 0 bridgehead atoms. The van der Waals surface area contributed by atoms with Gasteiger partial charge < -0.3 is 4.74 Å². The van der Waals surface area contributed by atoms with E-state index >= 15 is 0 Å². The quantitative estimate of drug-likeness (QED) is 0.714. The smallest absolute Gasteiger partial charge is 0.433 e. The van der Waals surface area contributed by atoms with E-state index in [4.69, 9.17) is 4.74 Å². The number of aromatic nitrogens is 3. The van der Waals surface area contributed by atoms with Gasteiger partial charge in [-0.1, -0.05) is 12.1 Å². The fraction of sp³-hybridized carbons (Fsp3) is 0.235. The molecule has 0 saturated carbocycles. The van der Waals surface area contributed by atoms with E-state index in [1.54, 1.807) is 24.3 Å². The SMILES string of the molecule is COc1cccc(Cn2c(=O)c3ccc(C(F)(F)F)nc3n(C)c2=O)c1. The van der Waals surface area contributed by atoms with E-state index in [-0.39, 0.29) is 17.6 Å². The number of benzene rings is 1. The van der Waals surface area contributed by atoms with Crippen molar-refractivity contribution >= 4 is 11.0 Å². The predicted octanol–water partition coefficient (Wildman–Crippen LogP) is 2.17. The maximum Gasteiger partial charge on any atom is 0.433 e. The van der Waals surface area contributed by atoms with Crippen molar-refractivity contribution in [2.75, 3.05) is 7.11 Å². The first-order valence-electron chi connectivity index (χ1n) is 7.53. The molecule has 0 radical (unpaired) electrons. The Morgan fingerprint density at radius 2 is 1.88 bits per heavy atom. The van der Waals surface area contributed by atoms with Gasteiger partial charge in [0.05, 0.1) is 19.0 Å². The third-order valence-electron chi connectivity index (χ3n) is 3.95. The number of hydrogen-bond donors (Lipinski definition) is 0. The van der Waals surface area contributed by atoms with Gasteiger partial charge in [-0.05, 0) is 29.8 Å². The Morgan fingerprint density at radius 3 is 2.54 bits per heavy atom. The predicted molar refractivity (Wildman–Crippen MR) is 88.3 cm³/mol. The van der Waals surface area contributed by atoms with E-state index in [0.717, 1.165) is 21.3 Å². The lowest BCUT2D eigenvalue weighted by Gasteiger charge is -2.12. The molecule has 0 saturated heterocycles. The summed E-state index contributed by atoms with van der Waals surface area (Å²) in [5, 5.41) is -0.0667. The molecule has 2 heterocycles. The minimum atomic E-state index is -4.67. The maximum absolute atomic E-state index is 12.8. The van der Waals surface area contributed by atoms with Gasteiger partial charge in [0.15, 0.2) is 0 Å². The summed E-state index contributed by atoms with van der Waals surface area (Å²) in [5.41, 5.74) is -2.28. The van der Waals surface area contributed by atoms with Crippen molar-refractivity contribution in [2.24, 2.45) is 7.05 Å². The Balaban J connectivity index is 2.19. The van der Waals surface area contributed by atoms with E-state index in [2.05, 4.69) is 4.98 Å². The van der Waals surface area contributed by atoms with Gasteiger partial charge >= 0.3 is 11.9 Å². The molecule has 1 aromatic carbocycles. The van der Waals surface area contributed by atoms with Crippen molar-refractivity contribution in [2.45, 2.75) is 12.7 Å². The zero-order valence-corrected chi connectivity index (χ0v) is 13.9. The van der Waals surface area contributed by atoms with Gasteiger partial charge in [-0.2, -0.15) is 13.2 Å². The molecule has 3 rings (SSSR count). The average molecular weight is 365 g/mol. The average Bonchev–Trinajstić information content (AvgIpc) is 2.62. The van der Waals surface area contributed by atoms with Gasteiger partial charge in [-0.3, -0.25) is 13.9 Å². The largest absolute Gasteiger partial charge is 0.497 e. The Morgan fingerprint density at radius 1 is 1.15 bits per heavy atom. The zero-order valence-electron chi connectivity index (χ0n) is 13.9. The molecule has 0 amide bonds. The number of aryl methyl sites for hydroxylation is 1. The molecule has 2 aromatic heterocycles. The van der Waals surface area contributed by atoms with Crippen LogP contribution in [0.1, 0.15) is 11.3 Å². The van der Waals surface area contributed by atoms with Crippen molar-refractivity contribution in [1.29, 1.82) is 0 Å². The summed E-state index contributed by atoms with van der Waals surface area (Å²) in [5.74, 6) is 0.560. The molecular weight excluding hydrogens is 351 g/mol. The molecule has 0 fully saturated rings. The lowest BCUT2D eigenvalue weighted by atomic mass is 10.2. The second-order valence-electron chi connectivity index (χ2n) is 5.65. The number of alkyl halides is 3. The first kappa shape index (κ1) is 17.7. The number of rotatable bonds is 3. The number of fused-ring (bicyclic) bond motifs is 1. The van der Waals surface area contributed by atoms with E-state index in [0.29, 0.717) is 11.3 Å². The third-order valence-corrected chi connectivity index (χ3v) is 3.95. The van der Waals surface area contributed by atoms with Crippen LogP contribution in [0.25, 0.3) is 11.0 Å². The molecule has 0 aliphatic heterocycles. The van der Waals surface area contributed by atoms with Gasteiger partial charge in [0, 0.05) is 7.05 Å². The molecular formula is C17H14F3N3O3. The molecule has 0 N–H and O–H groups in total. The second kappa shape index (κ2) is 6.32. The molecule has 3 aromatic rings. The second-order valence-corrected chi connectivity index (χ2v) is 5.65. The van der Waals surface area contributed by atoms with Gasteiger partial charge in [0.1, 0.15) is 17.1 Å². The highest BCUT2D eigenvalue weighted by Crippen LogP contribution is 2.28. The molecule has 136 valence electrons. The van der Waals surface area contributed by atoms with Crippen LogP contribution in [0.4, 0.5) is 13.2 Å². The first-order valence-corrected chi connectivity index (χ1v) is 7.53. The molecule has 6 nitrogen and oxygen atoms in total. The van der Waals surface area contributed by atoms with Crippen LogP contribution < -0.4 is 16.0 Å². The molecule has 26 heavy (non-hydrogen) atoms. The lowest BCUT2D eigenvalue weighted by Crippen LogP contribution is -2.39. The molecule has 0 atom stereocenters. The maximum atomic E-state index is 12.8. The topological polar surface area (TPSA) is 66.1 Å². The van der Waals surface area contributed by atoms with Crippen molar-refractivity contribution in [3.05, 3.63) is 68.5 Å². The zero-order chi connectivity index (χ0) is 19.1. The van der Waals surface area contributed by atoms with Crippen molar-refractivity contribution in [3.8, 4) is 5.75 Å². The van der Waals surface area contributed by atoms with Crippen LogP contribution in [0.5, 0.6) is 5.75 Å². The van der Waals surface area contributed by atoms with Crippen molar-refractivity contribution in [1.82, 2.24) is 14.1 Å². The van der Waals surface area contributed by atoms with Gasteiger partial charge in [-0.25, -0.2) is 9.78 Å². The Kier molecular flexibility index (Phi) is 4.31. The van der Waals surface area contributed by atoms with Crippen LogP contribution in [0.3, 0.4) is 0 Å². The van der Waals surface area contributed by atoms with E-state index in [9.17, 15) is 22.8 Å². The minimum Gasteiger partial charge on any atom is -0.497 e. The normalized spacial score (nSPS) is 11.7. The van der Waals surface area contributed by atoms with E-state index in [1.165, 1.54) is 14.2 Å². The number of halogens is 3. The van der Waals surface area contributed by atoms with Crippen LogP contribution in [0.15, 0.2) is 46.0 Å². The monoisotopic (exact) mass is 365 g/mol. The first-order chi connectivity index (χ1) is 12.2. The molecule has 9 heteroatoms. The fourth-order valence-corrected chi connectivity index (χ4v) is 2.63. The molecule has 0 aliphatic rings. The fourth-order valence-electron chi connectivity index (χ4n) is 2.63. The molecule has 0 spiro atoms. The van der Waals surface area contributed by atoms with Crippen LogP contribution in [-0.4, -0.2) is 21.2 Å². The van der Waals surface area contributed by atoms with Crippen LogP contribution in [0.2, 0.25) is 0 Å². The Labute approximate surface area is 145 Å². The molecule has 0 unspecified atom stereocenters. The van der Waals surface area contributed by atoms with Gasteiger partial charge in [0.2, 0.25) is 0 Å². The summed E-state index contributed by atoms with van der Waals surface area (Å²) in [6, 6.07) is 8.57.